The number of rotatable bonds is 2. The molecule has 4 unspecified atom stereocenters. The van der Waals surface area contributed by atoms with Gasteiger partial charge in [-0.3, -0.25) is 0 Å². The van der Waals surface area contributed by atoms with E-state index in [4.69, 9.17) is 4.74 Å². The average molecular weight is 458 g/mol. The van der Waals surface area contributed by atoms with Crippen LogP contribution in [0.25, 0.3) is 6.08 Å². The van der Waals surface area contributed by atoms with Gasteiger partial charge in [0.1, 0.15) is 6.10 Å². The molecule has 0 aliphatic carbocycles. The second kappa shape index (κ2) is 12.2. The second-order valence-electron chi connectivity index (χ2n) is 11.2. The van der Waals surface area contributed by atoms with Gasteiger partial charge in [0.25, 0.3) is 0 Å². The Kier molecular flexibility index (Phi) is 10.3. The average Bonchev–Trinajstić information content (AvgIpc) is 3.12. The van der Waals surface area contributed by atoms with E-state index in [0.29, 0.717) is 5.41 Å². The molecular formula is C29H47NOS. The summed E-state index contributed by atoms with van der Waals surface area (Å²) in [7, 11) is 0. The zero-order chi connectivity index (χ0) is 23.9. The molecule has 0 fully saturated rings. The van der Waals surface area contributed by atoms with Crippen LogP contribution in [-0.4, -0.2) is 11.1 Å². The van der Waals surface area contributed by atoms with E-state index in [-0.39, 0.29) is 6.10 Å². The fraction of sp³-hybridized carbons (Fsp3) is 0.690. The van der Waals surface area contributed by atoms with Crippen LogP contribution in [0.3, 0.4) is 0 Å². The number of thiazole rings is 1. The topological polar surface area (TPSA) is 22.1 Å². The largest absolute Gasteiger partial charge is 0.491 e. The smallest absolute Gasteiger partial charge is 0.123 e. The van der Waals surface area contributed by atoms with E-state index >= 15 is 0 Å². The molecule has 2 rings (SSSR count). The number of hydrogen-bond acceptors (Lipinski definition) is 3. The number of ether oxygens (including phenoxy) is 1. The molecule has 1 aliphatic rings. The minimum absolute atomic E-state index is 0.0216. The molecule has 0 radical (unpaired) electrons. The lowest BCUT2D eigenvalue weighted by Gasteiger charge is -2.34. The molecule has 3 heteroatoms. The van der Waals surface area contributed by atoms with Crippen LogP contribution in [0.1, 0.15) is 104 Å². The summed E-state index contributed by atoms with van der Waals surface area (Å²) in [6.45, 7) is 23.0. The second-order valence-corrected chi connectivity index (χ2v) is 12.2. The maximum absolute atomic E-state index is 6.47. The van der Waals surface area contributed by atoms with Gasteiger partial charge >= 0.3 is 0 Å². The molecule has 0 aromatic carbocycles. The molecule has 0 bridgehead atoms. The van der Waals surface area contributed by atoms with E-state index in [2.05, 4.69) is 84.5 Å². The molecule has 0 spiro atoms. The fourth-order valence-electron chi connectivity index (χ4n) is 4.93. The summed E-state index contributed by atoms with van der Waals surface area (Å²) in [6, 6.07) is 0. The molecule has 2 nitrogen and oxygen atoms in total. The number of allylic oxidation sites excluding steroid dienone is 2. The van der Waals surface area contributed by atoms with Crippen molar-refractivity contribution in [1.29, 1.82) is 0 Å². The van der Waals surface area contributed by atoms with Crippen molar-refractivity contribution in [2.75, 3.05) is 0 Å². The highest BCUT2D eigenvalue weighted by atomic mass is 32.1. The first-order valence-corrected chi connectivity index (χ1v) is 13.4. The zero-order valence-corrected chi connectivity index (χ0v) is 22.8. The lowest BCUT2D eigenvalue weighted by Crippen LogP contribution is -2.24. The predicted octanol–water partition coefficient (Wildman–Crippen LogP) is 9.38. The quantitative estimate of drug-likeness (QED) is 0.413. The monoisotopic (exact) mass is 457 g/mol. The molecule has 180 valence electrons. The first-order valence-electron chi connectivity index (χ1n) is 12.6. The number of aryl methyl sites for hydroxylation is 1. The molecule has 0 amide bonds. The summed E-state index contributed by atoms with van der Waals surface area (Å²) in [6.07, 6.45) is 12.5. The van der Waals surface area contributed by atoms with Gasteiger partial charge < -0.3 is 4.74 Å². The summed E-state index contributed by atoms with van der Waals surface area (Å²) < 4.78 is 6.47. The Morgan fingerprint density at radius 1 is 1.19 bits per heavy atom. The molecule has 1 aromatic heterocycles. The van der Waals surface area contributed by atoms with Crippen LogP contribution >= 0.6 is 11.3 Å². The maximum atomic E-state index is 6.47. The summed E-state index contributed by atoms with van der Waals surface area (Å²) in [4.78, 5) is 4.61. The molecule has 4 atom stereocenters. The van der Waals surface area contributed by atoms with Crippen molar-refractivity contribution in [3.63, 3.8) is 0 Å². The van der Waals surface area contributed by atoms with Gasteiger partial charge in [-0.25, -0.2) is 4.98 Å². The van der Waals surface area contributed by atoms with E-state index in [1.54, 1.807) is 11.3 Å². The summed E-state index contributed by atoms with van der Waals surface area (Å²) >= 11 is 1.69. The van der Waals surface area contributed by atoms with Crippen LogP contribution < -0.4 is 0 Å². The molecule has 32 heavy (non-hydrogen) atoms. The van der Waals surface area contributed by atoms with E-state index in [0.717, 1.165) is 53.5 Å². The van der Waals surface area contributed by atoms with E-state index < -0.39 is 0 Å². The van der Waals surface area contributed by atoms with Gasteiger partial charge in [0.2, 0.25) is 0 Å². The molecular weight excluding hydrogens is 410 g/mol. The lowest BCUT2D eigenvalue weighted by molar-refractivity contribution is 0.126. The van der Waals surface area contributed by atoms with Gasteiger partial charge in [-0.2, -0.15) is 0 Å². The molecule has 2 heterocycles. The van der Waals surface area contributed by atoms with Gasteiger partial charge in [0.15, 0.2) is 0 Å². The first kappa shape index (κ1) is 26.9. The predicted molar refractivity (Wildman–Crippen MR) is 142 cm³/mol. The first-order chi connectivity index (χ1) is 15.0. The van der Waals surface area contributed by atoms with Gasteiger partial charge in [0, 0.05) is 18.2 Å². The maximum Gasteiger partial charge on any atom is 0.123 e. The lowest BCUT2D eigenvalue weighted by atomic mass is 9.72. The Morgan fingerprint density at radius 3 is 2.56 bits per heavy atom. The standard InChI is InChI=1S/C29H47NOS/c1-20-11-10-12-21(2)25(6)23(4)18-29(8,9)16-15-24(5)31-28(14-13-20)22(3)17-27-19-32-26(7)30-27/h13,17,19,21,23,25,28H,5,10-12,14-16,18H2,1-4,6-9H3/b20-13-,22-17+. The Balaban J connectivity index is 2.21. The summed E-state index contributed by atoms with van der Waals surface area (Å²) in [5, 5.41) is 3.22. The van der Waals surface area contributed by atoms with E-state index in [1.807, 2.05) is 0 Å². The number of hydrogen-bond donors (Lipinski definition) is 0. The van der Waals surface area contributed by atoms with E-state index in [1.165, 1.54) is 36.8 Å². The normalized spacial score (nSPS) is 30.9. The van der Waals surface area contributed by atoms with Crippen molar-refractivity contribution >= 4 is 17.4 Å². The fourth-order valence-corrected chi connectivity index (χ4v) is 5.50. The molecule has 1 aromatic rings. The van der Waals surface area contributed by atoms with Crippen LogP contribution in [0.5, 0.6) is 0 Å². The van der Waals surface area contributed by atoms with Crippen LogP contribution in [0.4, 0.5) is 0 Å². The highest BCUT2D eigenvalue weighted by Crippen LogP contribution is 2.38. The molecule has 0 saturated carbocycles. The van der Waals surface area contributed by atoms with Crippen molar-refractivity contribution < 1.29 is 4.74 Å². The van der Waals surface area contributed by atoms with Crippen molar-refractivity contribution in [3.05, 3.63) is 45.6 Å². The van der Waals surface area contributed by atoms with Gasteiger partial charge in [-0.15, -0.1) is 11.3 Å². The third-order valence-corrected chi connectivity index (χ3v) is 8.28. The van der Waals surface area contributed by atoms with Crippen molar-refractivity contribution in [2.24, 2.45) is 23.2 Å². The third kappa shape index (κ3) is 8.89. The Morgan fingerprint density at radius 2 is 1.91 bits per heavy atom. The van der Waals surface area contributed by atoms with Gasteiger partial charge in [-0.05, 0) is 81.3 Å². The van der Waals surface area contributed by atoms with Gasteiger partial charge in [0.05, 0.1) is 16.5 Å². The van der Waals surface area contributed by atoms with Crippen LogP contribution in [0, 0.1) is 30.1 Å². The van der Waals surface area contributed by atoms with Crippen LogP contribution in [-0.2, 0) is 4.74 Å². The Labute approximate surface area is 202 Å². The Bertz CT molecular complexity index is 800. The minimum Gasteiger partial charge on any atom is -0.491 e. The SMILES string of the molecule is C=C1CCC(C)(C)CC(C)C(C)C(C)CCC/C(C)=C\CC(/C(C)=C/c2csc(C)n2)O1. The van der Waals surface area contributed by atoms with Crippen molar-refractivity contribution in [2.45, 2.75) is 106 Å². The minimum atomic E-state index is 0.0216. The highest BCUT2D eigenvalue weighted by Gasteiger charge is 2.27. The molecule has 0 N–H and O–H groups in total. The van der Waals surface area contributed by atoms with Crippen LogP contribution in [0.15, 0.2) is 34.9 Å². The van der Waals surface area contributed by atoms with Crippen molar-refractivity contribution in [1.82, 2.24) is 4.98 Å². The third-order valence-electron chi connectivity index (χ3n) is 7.49. The number of aromatic nitrogens is 1. The van der Waals surface area contributed by atoms with Crippen LogP contribution in [0.2, 0.25) is 0 Å². The Hall–Kier alpha value is -1.35. The summed E-state index contributed by atoms with van der Waals surface area (Å²) in [5.74, 6) is 3.19. The van der Waals surface area contributed by atoms with Gasteiger partial charge in [-0.1, -0.05) is 59.3 Å². The summed E-state index contributed by atoms with van der Waals surface area (Å²) in [5.41, 5.74) is 4.02. The molecule has 0 saturated heterocycles. The number of nitrogens with zero attached hydrogens (tertiary/aromatic N) is 1. The van der Waals surface area contributed by atoms with Crippen molar-refractivity contribution in [3.8, 4) is 0 Å². The zero-order valence-electron chi connectivity index (χ0n) is 22.0. The highest BCUT2D eigenvalue weighted by molar-refractivity contribution is 7.09. The molecule has 1 aliphatic heterocycles. The van der Waals surface area contributed by atoms with E-state index in [9.17, 15) is 0 Å².